The molecule has 5 nitrogen and oxygen atoms in total. The number of nitrogens with zero attached hydrogens (tertiary/aromatic N) is 2. The second-order valence-electron chi connectivity index (χ2n) is 3.54. The van der Waals surface area contributed by atoms with Gasteiger partial charge in [0.15, 0.2) is 10.5 Å². The van der Waals surface area contributed by atoms with Crippen molar-refractivity contribution in [2.45, 2.75) is 25.3 Å². The predicted octanol–water partition coefficient (Wildman–Crippen LogP) is -0.0889. The molecule has 0 N–H and O–H groups in total. The quantitative estimate of drug-likeness (QED) is 0.632. The molecule has 0 aliphatic carbocycles. The van der Waals surface area contributed by atoms with Crippen LogP contribution in [0.2, 0.25) is 0 Å². The summed E-state index contributed by atoms with van der Waals surface area (Å²) in [6, 6.07) is -0.452. The highest BCUT2D eigenvalue weighted by Crippen LogP contribution is 2.24. The van der Waals surface area contributed by atoms with Crippen LogP contribution in [0.5, 0.6) is 0 Å². The average Bonchev–Trinajstić information content (AvgIpc) is 2.18. The molecule has 0 aromatic rings. The number of carbonyl (C=O) groups excluding carboxylic acids is 3. The monoisotopic (exact) mass is 230 g/mol. The maximum atomic E-state index is 11.8. The molecule has 1 saturated heterocycles. The Morgan fingerprint density at radius 1 is 1.20 bits per heavy atom. The Kier molecular flexibility index (Phi) is 3.38. The van der Waals surface area contributed by atoms with Crippen LogP contribution in [0.3, 0.4) is 0 Å². The van der Waals surface area contributed by atoms with E-state index in [-0.39, 0.29) is 16.9 Å². The molecule has 1 rings (SSSR count). The summed E-state index contributed by atoms with van der Waals surface area (Å²) >= 11 is 0.876. The predicted molar refractivity (Wildman–Crippen MR) is 57.1 cm³/mol. The number of piperazine rings is 1. The number of carbonyl (C=O) groups is 3. The molecule has 0 spiro atoms. The minimum absolute atomic E-state index is 0.143. The summed E-state index contributed by atoms with van der Waals surface area (Å²) in [5.74, 6) is -0.347. The molecule has 1 aliphatic rings. The molecular weight excluding hydrogens is 216 g/mol. The normalized spacial score (nSPS) is 27.2. The first-order valence-corrected chi connectivity index (χ1v) is 5.44. The number of hydrogen-bond donors (Lipinski definition) is 0. The van der Waals surface area contributed by atoms with Crippen molar-refractivity contribution in [3.63, 3.8) is 0 Å². The second kappa shape index (κ2) is 4.22. The minimum atomic E-state index is -0.712. The van der Waals surface area contributed by atoms with E-state index in [1.165, 1.54) is 16.7 Å². The number of amides is 2. The van der Waals surface area contributed by atoms with E-state index in [9.17, 15) is 14.4 Å². The van der Waals surface area contributed by atoms with E-state index in [2.05, 4.69) is 0 Å². The van der Waals surface area contributed by atoms with E-state index in [0.717, 1.165) is 11.8 Å². The zero-order valence-electron chi connectivity index (χ0n) is 9.18. The van der Waals surface area contributed by atoms with Crippen LogP contribution in [0.25, 0.3) is 0 Å². The van der Waals surface area contributed by atoms with Gasteiger partial charge in [0.1, 0.15) is 6.04 Å². The lowest BCUT2D eigenvalue weighted by molar-refractivity contribution is -0.153. The van der Waals surface area contributed by atoms with E-state index >= 15 is 0 Å². The fourth-order valence-electron chi connectivity index (χ4n) is 1.39. The third-order valence-corrected chi connectivity index (χ3v) is 3.55. The topological polar surface area (TPSA) is 57.7 Å². The molecule has 0 saturated carbocycles. The molecular formula is C9H14N2O3S. The molecule has 0 radical (unpaired) electrons. The first-order valence-electron chi connectivity index (χ1n) is 4.56. The molecule has 15 heavy (non-hydrogen) atoms. The van der Waals surface area contributed by atoms with E-state index in [0.29, 0.717) is 0 Å². The van der Waals surface area contributed by atoms with Gasteiger partial charge in [-0.2, -0.15) is 0 Å². The highest BCUT2D eigenvalue weighted by molar-refractivity contribution is 8.14. The van der Waals surface area contributed by atoms with Gasteiger partial charge in [0, 0.05) is 21.0 Å². The van der Waals surface area contributed by atoms with Crippen LogP contribution in [0.15, 0.2) is 0 Å². The largest absolute Gasteiger partial charge is 0.331 e. The number of hydrogen-bond acceptors (Lipinski definition) is 4. The Hall–Kier alpha value is -1.04. The fourth-order valence-corrected chi connectivity index (χ4v) is 2.24. The van der Waals surface area contributed by atoms with Crippen molar-refractivity contribution in [2.24, 2.45) is 0 Å². The molecule has 0 bridgehead atoms. The Morgan fingerprint density at radius 3 is 2.20 bits per heavy atom. The lowest BCUT2D eigenvalue weighted by Gasteiger charge is -2.39. The van der Waals surface area contributed by atoms with Gasteiger partial charge in [0.05, 0.1) is 0 Å². The SMILES string of the molecule is CC(=O)SC1C(=O)N(C)C(C)C(=O)N1C. The molecule has 2 atom stereocenters. The molecule has 2 amide bonds. The number of likely N-dealkylation sites (N-methyl/N-ethyl adjacent to an activating group) is 2. The lowest BCUT2D eigenvalue weighted by Crippen LogP contribution is -2.60. The fraction of sp³-hybridized carbons (Fsp3) is 0.667. The van der Waals surface area contributed by atoms with E-state index in [1.54, 1.807) is 21.0 Å². The molecule has 0 aromatic heterocycles. The summed E-state index contributed by atoms with van der Waals surface area (Å²) < 4.78 is 0. The molecule has 1 aliphatic heterocycles. The van der Waals surface area contributed by atoms with Gasteiger partial charge >= 0.3 is 0 Å². The van der Waals surface area contributed by atoms with Crippen molar-refractivity contribution in [3.05, 3.63) is 0 Å². The maximum absolute atomic E-state index is 11.8. The van der Waals surface area contributed by atoms with Crippen molar-refractivity contribution in [1.29, 1.82) is 0 Å². The third-order valence-electron chi connectivity index (χ3n) is 2.47. The first kappa shape index (κ1) is 12.0. The van der Waals surface area contributed by atoms with Crippen LogP contribution in [-0.2, 0) is 14.4 Å². The van der Waals surface area contributed by atoms with Gasteiger partial charge in [-0.3, -0.25) is 14.4 Å². The van der Waals surface area contributed by atoms with Gasteiger partial charge < -0.3 is 9.80 Å². The second-order valence-corrected chi connectivity index (χ2v) is 4.79. The maximum Gasteiger partial charge on any atom is 0.256 e. The van der Waals surface area contributed by atoms with Crippen LogP contribution in [0.1, 0.15) is 13.8 Å². The number of thioether (sulfide) groups is 1. The van der Waals surface area contributed by atoms with E-state index < -0.39 is 11.4 Å². The smallest absolute Gasteiger partial charge is 0.256 e. The summed E-state index contributed by atoms with van der Waals surface area (Å²) in [5, 5.41) is -0.882. The molecule has 84 valence electrons. The number of rotatable bonds is 1. The zero-order chi connectivity index (χ0) is 11.7. The molecule has 1 fully saturated rings. The molecule has 1 heterocycles. The van der Waals surface area contributed by atoms with Gasteiger partial charge in [-0.15, -0.1) is 0 Å². The van der Waals surface area contributed by atoms with Crippen LogP contribution in [0, 0.1) is 0 Å². The van der Waals surface area contributed by atoms with Crippen LogP contribution in [0.4, 0.5) is 0 Å². The molecule has 6 heteroatoms. The van der Waals surface area contributed by atoms with Gasteiger partial charge in [0.2, 0.25) is 5.91 Å². The Labute approximate surface area is 92.8 Å². The molecule has 0 aromatic carbocycles. The van der Waals surface area contributed by atoms with Crippen molar-refractivity contribution < 1.29 is 14.4 Å². The Bertz CT molecular complexity index is 318. The third kappa shape index (κ3) is 2.14. The van der Waals surface area contributed by atoms with Crippen LogP contribution >= 0.6 is 11.8 Å². The standard InChI is InChI=1S/C9H14N2O3S/c1-5-7(13)11(4)9(15-6(2)12)8(14)10(5)3/h5,9H,1-4H3. The summed E-state index contributed by atoms with van der Waals surface area (Å²) in [4.78, 5) is 37.1. The van der Waals surface area contributed by atoms with E-state index in [1.807, 2.05) is 0 Å². The van der Waals surface area contributed by atoms with Crippen molar-refractivity contribution >= 4 is 28.7 Å². The van der Waals surface area contributed by atoms with E-state index in [4.69, 9.17) is 0 Å². The molecule has 2 unspecified atom stereocenters. The van der Waals surface area contributed by atoms with Crippen molar-refractivity contribution in [1.82, 2.24) is 9.80 Å². The Balaban J connectivity index is 2.91. The van der Waals surface area contributed by atoms with Gasteiger partial charge in [0.25, 0.3) is 5.91 Å². The Morgan fingerprint density at radius 2 is 1.73 bits per heavy atom. The average molecular weight is 230 g/mol. The summed E-state index contributed by atoms with van der Waals surface area (Å²) in [7, 11) is 3.12. The first-order chi connectivity index (χ1) is 6.86. The highest BCUT2D eigenvalue weighted by atomic mass is 32.2. The van der Waals surface area contributed by atoms with Gasteiger partial charge in [-0.1, -0.05) is 11.8 Å². The van der Waals surface area contributed by atoms with Crippen LogP contribution in [-0.4, -0.2) is 52.2 Å². The summed E-state index contributed by atoms with van der Waals surface area (Å²) in [6.45, 7) is 3.06. The van der Waals surface area contributed by atoms with Crippen molar-refractivity contribution in [3.8, 4) is 0 Å². The van der Waals surface area contributed by atoms with Crippen LogP contribution < -0.4 is 0 Å². The minimum Gasteiger partial charge on any atom is -0.331 e. The zero-order valence-corrected chi connectivity index (χ0v) is 10.00. The highest BCUT2D eigenvalue weighted by Gasteiger charge is 2.41. The van der Waals surface area contributed by atoms with Crippen molar-refractivity contribution in [2.75, 3.05) is 14.1 Å². The van der Waals surface area contributed by atoms with Gasteiger partial charge in [-0.25, -0.2) is 0 Å². The van der Waals surface area contributed by atoms with Gasteiger partial charge in [-0.05, 0) is 6.92 Å². The summed E-state index contributed by atoms with van der Waals surface area (Å²) in [5.41, 5.74) is 0. The summed E-state index contributed by atoms with van der Waals surface area (Å²) in [6.07, 6.45) is 0. The lowest BCUT2D eigenvalue weighted by atomic mass is 10.2.